The van der Waals surface area contributed by atoms with Crippen LogP contribution in [0.3, 0.4) is 0 Å². The molecule has 1 aliphatic rings. The molecular weight excluding hydrogens is 168 g/mol. The summed E-state index contributed by atoms with van der Waals surface area (Å²) in [6.45, 7) is 3.93. The minimum atomic E-state index is -0.751. The first-order chi connectivity index (χ1) is 6.01. The van der Waals surface area contributed by atoms with Gasteiger partial charge in [-0.05, 0) is 17.9 Å². The molecule has 13 heavy (non-hydrogen) atoms. The van der Waals surface area contributed by atoms with E-state index >= 15 is 0 Å². The van der Waals surface area contributed by atoms with E-state index in [9.17, 15) is 4.79 Å². The van der Waals surface area contributed by atoms with Crippen molar-refractivity contribution in [2.45, 2.75) is 25.7 Å². The van der Waals surface area contributed by atoms with E-state index < -0.39 is 11.4 Å². The second-order valence-electron chi connectivity index (χ2n) is 4.28. The minimum Gasteiger partial charge on any atom is -0.481 e. The van der Waals surface area contributed by atoms with Gasteiger partial charge in [-0.25, -0.2) is 0 Å². The molecule has 0 aliphatic heterocycles. The molecular formula is C10H12O3. The number of furan rings is 1. The SMILES string of the molecule is CC1(C)CC1(C(=O)O)c1ccoc1. The van der Waals surface area contributed by atoms with E-state index in [-0.39, 0.29) is 5.41 Å². The summed E-state index contributed by atoms with van der Waals surface area (Å²) in [5, 5.41) is 9.17. The summed E-state index contributed by atoms with van der Waals surface area (Å²) in [5.41, 5.74) is -0.0760. The fraction of sp³-hybridized carbons (Fsp3) is 0.500. The van der Waals surface area contributed by atoms with Crippen molar-refractivity contribution >= 4 is 5.97 Å². The highest BCUT2D eigenvalue weighted by Crippen LogP contribution is 2.64. The van der Waals surface area contributed by atoms with E-state index in [1.165, 1.54) is 12.5 Å². The molecule has 1 aromatic rings. The summed E-state index contributed by atoms with van der Waals surface area (Å²) in [6, 6.07) is 1.74. The normalized spacial score (nSPS) is 30.0. The quantitative estimate of drug-likeness (QED) is 0.757. The van der Waals surface area contributed by atoms with Gasteiger partial charge in [0.05, 0.1) is 12.5 Å². The molecule has 3 heteroatoms. The van der Waals surface area contributed by atoms with E-state index in [1.54, 1.807) is 6.07 Å². The van der Waals surface area contributed by atoms with Crippen molar-refractivity contribution in [1.82, 2.24) is 0 Å². The Morgan fingerprint density at radius 1 is 1.62 bits per heavy atom. The zero-order chi connectivity index (χ0) is 9.69. The molecule has 1 atom stereocenters. The number of hydrogen-bond acceptors (Lipinski definition) is 2. The van der Waals surface area contributed by atoms with E-state index in [4.69, 9.17) is 9.52 Å². The van der Waals surface area contributed by atoms with Gasteiger partial charge in [-0.15, -0.1) is 0 Å². The first-order valence-corrected chi connectivity index (χ1v) is 4.27. The fourth-order valence-electron chi connectivity index (χ4n) is 2.11. The Balaban J connectivity index is 2.45. The molecule has 0 saturated heterocycles. The predicted molar refractivity (Wildman–Crippen MR) is 46.4 cm³/mol. The van der Waals surface area contributed by atoms with Gasteiger partial charge < -0.3 is 9.52 Å². The van der Waals surface area contributed by atoms with Gasteiger partial charge in [0, 0.05) is 5.56 Å². The lowest BCUT2D eigenvalue weighted by Gasteiger charge is -2.12. The van der Waals surface area contributed by atoms with Crippen LogP contribution in [0.15, 0.2) is 23.0 Å². The highest BCUT2D eigenvalue weighted by Gasteiger charge is 2.68. The monoisotopic (exact) mass is 180 g/mol. The highest BCUT2D eigenvalue weighted by molar-refractivity contribution is 5.86. The number of aliphatic carboxylic acids is 1. The second-order valence-corrected chi connectivity index (χ2v) is 4.28. The molecule has 70 valence electrons. The Kier molecular flexibility index (Phi) is 1.39. The molecule has 0 aromatic carbocycles. The molecule has 1 fully saturated rings. The molecule has 1 saturated carbocycles. The van der Waals surface area contributed by atoms with Gasteiger partial charge in [0.15, 0.2) is 0 Å². The van der Waals surface area contributed by atoms with Gasteiger partial charge in [-0.1, -0.05) is 13.8 Å². The third-order valence-electron chi connectivity index (χ3n) is 3.12. The molecule has 1 heterocycles. The van der Waals surface area contributed by atoms with Gasteiger partial charge in [0.1, 0.15) is 5.41 Å². The number of carbonyl (C=O) groups is 1. The molecule has 0 radical (unpaired) electrons. The van der Waals surface area contributed by atoms with E-state index in [0.717, 1.165) is 5.56 Å². The zero-order valence-electron chi connectivity index (χ0n) is 7.70. The minimum absolute atomic E-state index is 0.150. The summed E-state index contributed by atoms with van der Waals surface area (Å²) in [7, 11) is 0. The van der Waals surface area contributed by atoms with Crippen molar-refractivity contribution in [3.8, 4) is 0 Å². The van der Waals surface area contributed by atoms with Crippen LogP contribution in [0.1, 0.15) is 25.8 Å². The third kappa shape index (κ3) is 0.870. The van der Waals surface area contributed by atoms with Crippen molar-refractivity contribution in [2.24, 2.45) is 5.41 Å². The van der Waals surface area contributed by atoms with Crippen LogP contribution in [0, 0.1) is 5.41 Å². The topological polar surface area (TPSA) is 50.4 Å². The van der Waals surface area contributed by atoms with Gasteiger partial charge in [0.25, 0.3) is 0 Å². The van der Waals surface area contributed by atoms with Crippen molar-refractivity contribution in [2.75, 3.05) is 0 Å². The van der Waals surface area contributed by atoms with Crippen LogP contribution in [-0.2, 0) is 10.2 Å². The molecule has 0 bridgehead atoms. The van der Waals surface area contributed by atoms with Crippen LogP contribution < -0.4 is 0 Å². The molecule has 3 nitrogen and oxygen atoms in total. The van der Waals surface area contributed by atoms with Crippen LogP contribution in [0.5, 0.6) is 0 Å². The lowest BCUT2D eigenvalue weighted by Crippen LogP contribution is -2.24. The lowest BCUT2D eigenvalue weighted by molar-refractivity contribution is -0.141. The Hall–Kier alpha value is -1.25. The fourth-order valence-corrected chi connectivity index (χ4v) is 2.11. The first kappa shape index (κ1) is 8.35. The number of carboxylic acid groups (broad SMARTS) is 1. The second kappa shape index (κ2) is 2.16. The van der Waals surface area contributed by atoms with E-state index in [2.05, 4.69) is 0 Å². The standard InChI is InChI=1S/C10H12O3/c1-9(2)6-10(9,8(11)12)7-3-4-13-5-7/h3-5H,6H2,1-2H3,(H,11,12). The summed E-state index contributed by atoms with van der Waals surface area (Å²) < 4.78 is 4.92. The first-order valence-electron chi connectivity index (χ1n) is 4.27. The summed E-state index contributed by atoms with van der Waals surface area (Å²) >= 11 is 0. The number of rotatable bonds is 2. The lowest BCUT2D eigenvalue weighted by atomic mass is 9.90. The maximum atomic E-state index is 11.2. The molecule has 1 aromatic heterocycles. The smallest absolute Gasteiger partial charge is 0.314 e. The highest BCUT2D eigenvalue weighted by atomic mass is 16.4. The Labute approximate surface area is 76.4 Å². The van der Waals surface area contributed by atoms with E-state index in [0.29, 0.717) is 6.42 Å². The van der Waals surface area contributed by atoms with Crippen LogP contribution in [0.25, 0.3) is 0 Å². The average molecular weight is 180 g/mol. The third-order valence-corrected chi connectivity index (χ3v) is 3.12. The van der Waals surface area contributed by atoms with Gasteiger partial charge in [-0.2, -0.15) is 0 Å². The van der Waals surface area contributed by atoms with Crippen LogP contribution in [-0.4, -0.2) is 11.1 Å². The maximum Gasteiger partial charge on any atom is 0.314 e. The zero-order valence-corrected chi connectivity index (χ0v) is 7.70. The molecule has 1 N–H and O–H groups in total. The maximum absolute atomic E-state index is 11.2. The summed E-state index contributed by atoms with van der Waals surface area (Å²) in [6.07, 6.45) is 3.74. The van der Waals surface area contributed by atoms with E-state index in [1.807, 2.05) is 13.8 Å². The van der Waals surface area contributed by atoms with Crippen LogP contribution in [0.2, 0.25) is 0 Å². The average Bonchev–Trinajstić information content (AvgIpc) is 2.52. The van der Waals surface area contributed by atoms with Gasteiger partial charge in [-0.3, -0.25) is 4.79 Å². The molecule has 0 spiro atoms. The largest absolute Gasteiger partial charge is 0.481 e. The summed E-state index contributed by atoms with van der Waals surface area (Å²) in [4.78, 5) is 11.2. The van der Waals surface area contributed by atoms with Crippen molar-refractivity contribution in [3.63, 3.8) is 0 Å². The number of hydrogen-bond donors (Lipinski definition) is 1. The Morgan fingerprint density at radius 2 is 2.23 bits per heavy atom. The number of carboxylic acids is 1. The summed E-state index contributed by atoms with van der Waals surface area (Å²) in [5.74, 6) is -0.751. The molecule has 1 aliphatic carbocycles. The van der Waals surface area contributed by atoms with Crippen LogP contribution in [0.4, 0.5) is 0 Å². The van der Waals surface area contributed by atoms with Crippen molar-refractivity contribution < 1.29 is 14.3 Å². The Bertz CT molecular complexity index is 337. The molecule has 2 rings (SSSR count). The Morgan fingerprint density at radius 3 is 2.54 bits per heavy atom. The van der Waals surface area contributed by atoms with Crippen LogP contribution >= 0.6 is 0 Å². The van der Waals surface area contributed by atoms with Gasteiger partial charge in [0.2, 0.25) is 0 Å². The molecule has 0 amide bonds. The predicted octanol–water partition coefficient (Wildman–Crippen LogP) is 2.03. The molecule has 1 unspecified atom stereocenters. The van der Waals surface area contributed by atoms with Gasteiger partial charge >= 0.3 is 5.97 Å². The van der Waals surface area contributed by atoms with Crippen molar-refractivity contribution in [1.29, 1.82) is 0 Å². The van der Waals surface area contributed by atoms with Crippen molar-refractivity contribution in [3.05, 3.63) is 24.2 Å².